The van der Waals surface area contributed by atoms with Crippen LogP contribution in [-0.4, -0.2) is 44.2 Å². The Morgan fingerprint density at radius 1 is 1.12 bits per heavy atom. The van der Waals surface area contributed by atoms with Gasteiger partial charge in [-0.3, -0.25) is 9.78 Å². The van der Waals surface area contributed by atoms with Crippen LogP contribution in [-0.2, 0) is 4.74 Å². The van der Waals surface area contributed by atoms with Crippen LogP contribution in [0.4, 0.5) is 17.1 Å². The van der Waals surface area contributed by atoms with Crippen molar-refractivity contribution in [3.63, 3.8) is 0 Å². The molecule has 0 aliphatic heterocycles. The lowest BCUT2D eigenvalue weighted by atomic mass is 10.2. The number of hydrogen-bond donors (Lipinski definition) is 2. The van der Waals surface area contributed by atoms with Crippen molar-refractivity contribution < 1.29 is 9.53 Å². The van der Waals surface area contributed by atoms with Gasteiger partial charge in [-0.25, -0.2) is 0 Å². The number of carbonyl (C=O) groups excluding carboxylic acids is 1. The van der Waals surface area contributed by atoms with Gasteiger partial charge in [0.15, 0.2) is 0 Å². The quantitative estimate of drug-likeness (QED) is 0.639. The van der Waals surface area contributed by atoms with E-state index in [4.69, 9.17) is 4.74 Å². The number of rotatable bonds is 10. The summed E-state index contributed by atoms with van der Waals surface area (Å²) in [6.07, 6.45) is 4.06. The molecule has 0 fully saturated rings. The Labute approximate surface area is 155 Å². The van der Waals surface area contributed by atoms with E-state index < -0.39 is 0 Å². The third kappa shape index (κ3) is 5.74. The predicted octanol–water partition coefficient (Wildman–Crippen LogP) is 3.44. The van der Waals surface area contributed by atoms with Gasteiger partial charge < -0.3 is 20.3 Å². The molecule has 140 valence electrons. The molecule has 26 heavy (non-hydrogen) atoms. The third-order valence-corrected chi connectivity index (χ3v) is 4.10. The van der Waals surface area contributed by atoms with Crippen molar-refractivity contribution >= 4 is 23.0 Å². The van der Waals surface area contributed by atoms with Gasteiger partial charge >= 0.3 is 0 Å². The zero-order chi connectivity index (χ0) is 18.8. The van der Waals surface area contributed by atoms with Crippen molar-refractivity contribution in [2.45, 2.75) is 20.3 Å². The number of amides is 1. The maximum Gasteiger partial charge on any atom is 0.252 e. The summed E-state index contributed by atoms with van der Waals surface area (Å²) in [6.45, 7) is 7.46. The molecule has 0 atom stereocenters. The Hall–Kier alpha value is -2.60. The maximum absolute atomic E-state index is 12.2. The van der Waals surface area contributed by atoms with Gasteiger partial charge in [-0.2, -0.15) is 0 Å². The number of benzene rings is 1. The van der Waals surface area contributed by atoms with E-state index in [9.17, 15) is 4.79 Å². The maximum atomic E-state index is 12.2. The van der Waals surface area contributed by atoms with Crippen molar-refractivity contribution in [1.82, 2.24) is 10.3 Å². The molecule has 0 spiro atoms. The molecule has 6 heteroatoms. The van der Waals surface area contributed by atoms with Gasteiger partial charge in [0.1, 0.15) is 0 Å². The summed E-state index contributed by atoms with van der Waals surface area (Å²) >= 11 is 0. The number of hydrogen-bond acceptors (Lipinski definition) is 5. The van der Waals surface area contributed by atoms with Crippen LogP contribution in [0.5, 0.6) is 0 Å². The minimum Gasteiger partial charge on any atom is -0.385 e. The first-order valence-electron chi connectivity index (χ1n) is 9.02. The topological polar surface area (TPSA) is 66.5 Å². The minimum atomic E-state index is -0.130. The Kier molecular flexibility index (Phi) is 7.89. The number of aromatic nitrogens is 1. The number of nitrogens with one attached hydrogen (secondary N) is 2. The van der Waals surface area contributed by atoms with Crippen molar-refractivity contribution in [3.8, 4) is 0 Å². The lowest BCUT2D eigenvalue weighted by molar-refractivity contribution is 0.0948. The van der Waals surface area contributed by atoms with Crippen molar-refractivity contribution in [2.24, 2.45) is 0 Å². The minimum absolute atomic E-state index is 0.130. The number of nitrogens with zero attached hydrogens (tertiary/aromatic N) is 2. The van der Waals surface area contributed by atoms with Gasteiger partial charge in [0, 0.05) is 50.9 Å². The van der Waals surface area contributed by atoms with Gasteiger partial charge in [0.25, 0.3) is 5.91 Å². The van der Waals surface area contributed by atoms with Crippen LogP contribution in [0, 0.1) is 0 Å². The molecule has 1 heterocycles. The summed E-state index contributed by atoms with van der Waals surface area (Å²) in [4.78, 5) is 18.6. The van der Waals surface area contributed by atoms with Crippen LogP contribution >= 0.6 is 0 Å². The normalized spacial score (nSPS) is 10.4. The van der Waals surface area contributed by atoms with E-state index in [2.05, 4.69) is 46.5 Å². The SMILES string of the molecule is CCN(CC)c1ccc(Nc2cncc(C(=O)NCCCOC)c2)cc1. The van der Waals surface area contributed by atoms with Crippen LogP contribution in [0.1, 0.15) is 30.6 Å². The zero-order valence-corrected chi connectivity index (χ0v) is 15.8. The van der Waals surface area contributed by atoms with E-state index in [1.165, 1.54) is 5.69 Å². The Morgan fingerprint density at radius 3 is 2.50 bits per heavy atom. The van der Waals surface area contributed by atoms with Gasteiger partial charge in [-0.15, -0.1) is 0 Å². The van der Waals surface area contributed by atoms with Crippen molar-refractivity contribution in [3.05, 3.63) is 48.3 Å². The molecule has 1 aromatic carbocycles. The average Bonchev–Trinajstić information content (AvgIpc) is 2.67. The molecular formula is C20H28N4O2. The van der Waals surface area contributed by atoms with E-state index in [0.29, 0.717) is 18.7 Å². The first kappa shape index (κ1) is 19.7. The lowest BCUT2D eigenvalue weighted by Crippen LogP contribution is -2.25. The molecule has 0 unspecified atom stereocenters. The monoisotopic (exact) mass is 356 g/mol. The smallest absolute Gasteiger partial charge is 0.252 e. The van der Waals surface area contributed by atoms with E-state index in [1.807, 2.05) is 12.1 Å². The standard InChI is InChI=1S/C20H28N4O2/c1-4-24(5-2)19-9-7-17(8-10-19)23-18-13-16(14-21-15-18)20(25)22-11-6-12-26-3/h7-10,13-15,23H,4-6,11-12H2,1-3H3,(H,22,25). The molecule has 2 N–H and O–H groups in total. The van der Waals surface area contributed by atoms with E-state index in [0.717, 1.165) is 30.9 Å². The van der Waals surface area contributed by atoms with Gasteiger partial charge in [-0.1, -0.05) is 0 Å². The first-order chi connectivity index (χ1) is 12.7. The fourth-order valence-electron chi connectivity index (χ4n) is 2.66. The van der Waals surface area contributed by atoms with Crippen LogP contribution in [0.25, 0.3) is 0 Å². The van der Waals surface area contributed by atoms with Crippen molar-refractivity contribution in [1.29, 1.82) is 0 Å². The molecule has 1 aromatic heterocycles. The first-order valence-corrected chi connectivity index (χ1v) is 9.02. The number of carbonyl (C=O) groups is 1. The van der Waals surface area contributed by atoms with Crippen molar-refractivity contribution in [2.75, 3.05) is 43.6 Å². The summed E-state index contributed by atoms with van der Waals surface area (Å²) in [5.74, 6) is -0.130. The summed E-state index contributed by atoms with van der Waals surface area (Å²) in [7, 11) is 1.65. The number of anilines is 3. The third-order valence-electron chi connectivity index (χ3n) is 4.10. The molecule has 0 bridgehead atoms. The number of pyridine rings is 1. The summed E-state index contributed by atoms with van der Waals surface area (Å²) in [5.41, 5.74) is 3.47. The Morgan fingerprint density at radius 2 is 1.85 bits per heavy atom. The van der Waals surface area contributed by atoms with E-state index >= 15 is 0 Å². The highest BCUT2D eigenvalue weighted by Crippen LogP contribution is 2.21. The molecule has 1 amide bonds. The second kappa shape index (κ2) is 10.4. The number of methoxy groups -OCH3 is 1. The van der Waals surface area contributed by atoms with Crippen LogP contribution in [0.3, 0.4) is 0 Å². The number of ether oxygens (including phenoxy) is 1. The highest BCUT2D eigenvalue weighted by atomic mass is 16.5. The molecule has 0 aliphatic carbocycles. The van der Waals surface area contributed by atoms with Gasteiger partial charge in [0.2, 0.25) is 0 Å². The fraction of sp³-hybridized carbons (Fsp3) is 0.400. The molecule has 0 radical (unpaired) electrons. The second-order valence-corrected chi connectivity index (χ2v) is 5.91. The van der Waals surface area contributed by atoms with E-state index in [-0.39, 0.29) is 5.91 Å². The zero-order valence-electron chi connectivity index (χ0n) is 15.8. The highest BCUT2D eigenvalue weighted by Gasteiger charge is 2.07. The summed E-state index contributed by atoms with van der Waals surface area (Å²) in [5, 5.41) is 6.16. The van der Waals surface area contributed by atoms with Gasteiger partial charge in [0.05, 0.1) is 17.4 Å². The lowest BCUT2D eigenvalue weighted by Gasteiger charge is -2.21. The van der Waals surface area contributed by atoms with Gasteiger partial charge in [-0.05, 0) is 50.6 Å². The second-order valence-electron chi connectivity index (χ2n) is 5.91. The molecule has 0 aliphatic rings. The summed E-state index contributed by atoms with van der Waals surface area (Å²) in [6, 6.07) is 10.1. The molecule has 6 nitrogen and oxygen atoms in total. The Bertz CT molecular complexity index is 684. The largest absolute Gasteiger partial charge is 0.385 e. The highest BCUT2D eigenvalue weighted by molar-refractivity contribution is 5.94. The van der Waals surface area contributed by atoms with E-state index in [1.54, 1.807) is 25.6 Å². The summed E-state index contributed by atoms with van der Waals surface area (Å²) < 4.78 is 4.98. The molecule has 2 rings (SSSR count). The van der Waals surface area contributed by atoms with Crippen LogP contribution < -0.4 is 15.5 Å². The van der Waals surface area contributed by atoms with Crippen LogP contribution in [0.15, 0.2) is 42.7 Å². The molecule has 0 saturated heterocycles. The molecule has 2 aromatic rings. The predicted molar refractivity (Wildman–Crippen MR) is 106 cm³/mol. The van der Waals surface area contributed by atoms with Crippen LogP contribution in [0.2, 0.25) is 0 Å². The molecular weight excluding hydrogens is 328 g/mol. The Balaban J connectivity index is 1.98. The average molecular weight is 356 g/mol. The fourth-order valence-corrected chi connectivity index (χ4v) is 2.66. The molecule has 0 saturated carbocycles.